The number of hydrogen-bond donors (Lipinski definition) is 2. The van der Waals surface area contributed by atoms with E-state index >= 15 is 0 Å². The number of anilines is 2. The Morgan fingerprint density at radius 1 is 1.00 bits per heavy atom. The lowest BCUT2D eigenvalue weighted by Crippen LogP contribution is -2.32. The highest BCUT2D eigenvalue weighted by molar-refractivity contribution is 6.25. The molecule has 0 aromatic heterocycles. The van der Waals surface area contributed by atoms with E-state index in [4.69, 9.17) is 0 Å². The Labute approximate surface area is 138 Å². The number of nitrogens with zero attached hydrogens (tertiary/aromatic N) is 1. The zero-order chi connectivity index (χ0) is 16.7. The zero-order valence-electron chi connectivity index (χ0n) is 12.7. The summed E-state index contributed by atoms with van der Waals surface area (Å²) in [5, 5.41) is 14.3. The summed E-state index contributed by atoms with van der Waals surface area (Å²) < 4.78 is 0. The van der Waals surface area contributed by atoms with Crippen molar-refractivity contribution in [2.75, 3.05) is 16.9 Å². The average molecular weight is 318 g/mol. The highest BCUT2D eigenvalue weighted by atomic mass is 16.4. The predicted molar refractivity (Wildman–Crippen MR) is 92.6 cm³/mol. The molecular formula is C19H14N2O3. The lowest BCUT2D eigenvalue weighted by Gasteiger charge is -2.19. The van der Waals surface area contributed by atoms with Crippen LogP contribution in [-0.4, -0.2) is 23.7 Å². The fraction of sp³-hybridized carbons (Fsp3) is 0.0526. The summed E-state index contributed by atoms with van der Waals surface area (Å²) in [6.45, 7) is 0.205. The van der Waals surface area contributed by atoms with E-state index in [9.17, 15) is 14.7 Å². The molecule has 5 nitrogen and oxygen atoms in total. The van der Waals surface area contributed by atoms with E-state index in [2.05, 4.69) is 5.32 Å². The molecule has 0 fully saturated rings. The van der Waals surface area contributed by atoms with Crippen LogP contribution in [0.4, 0.5) is 11.4 Å². The first-order valence-electron chi connectivity index (χ1n) is 7.56. The standard InChI is InChI=1S/C19H14N2O3/c22-18-14-8-3-5-12-6-4-10-16(17(12)14)21(18)11-20-15-9-2-1-7-13(15)19(23)24/h1-10,20H,11H2,(H,23,24). The van der Waals surface area contributed by atoms with Crippen LogP contribution < -0.4 is 10.2 Å². The molecule has 1 amide bonds. The summed E-state index contributed by atoms with van der Waals surface area (Å²) in [5.41, 5.74) is 2.19. The number of benzene rings is 3. The van der Waals surface area contributed by atoms with Crippen molar-refractivity contribution >= 4 is 34.0 Å². The van der Waals surface area contributed by atoms with Crippen LogP contribution in [0.2, 0.25) is 0 Å². The number of amides is 1. The first-order chi connectivity index (χ1) is 11.7. The van der Waals surface area contributed by atoms with E-state index in [1.54, 1.807) is 23.1 Å². The predicted octanol–water partition coefficient (Wildman–Crippen LogP) is 3.57. The van der Waals surface area contributed by atoms with Crippen LogP contribution in [0.25, 0.3) is 10.8 Å². The lowest BCUT2D eigenvalue weighted by atomic mass is 10.1. The second kappa shape index (κ2) is 5.38. The van der Waals surface area contributed by atoms with E-state index in [0.29, 0.717) is 11.3 Å². The molecule has 1 aliphatic heterocycles. The fourth-order valence-electron chi connectivity index (χ4n) is 3.12. The number of aromatic carboxylic acids is 1. The Morgan fingerprint density at radius 2 is 1.75 bits per heavy atom. The van der Waals surface area contributed by atoms with Crippen LogP contribution in [0.15, 0.2) is 60.7 Å². The number of carboxylic acids is 1. The van der Waals surface area contributed by atoms with Gasteiger partial charge in [0.2, 0.25) is 0 Å². The first kappa shape index (κ1) is 14.3. The van der Waals surface area contributed by atoms with Crippen LogP contribution in [-0.2, 0) is 0 Å². The van der Waals surface area contributed by atoms with Gasteiger partial charge in [0.15, 0.2) is 0 Å². The summed E-state index contributed by atoms with van der Waals surface area (Å²) in [6, 6.07) is 18.1. The Bertz CT molecular complexity index is 976. The van der Waals surface area contributed by atoms with Gasteiger partial charge in [0.05, 0.1) is 23.6 Å². The SMILES string of the molecule is O=C(O)c1ccccc1NCN1C(=O)c2cccc3cccc1c23. The first-order valence-corrected chi connectivity index (χ1v) is 7.56. The highest BCUT2D eigenvalue weighted by Gasteiger charge is 2.29. The molecule has 1 heterocycles. The molecule has 0 aliphatic carbocycles. The monoisotopic (exact) mass is 318 g/mol. The van der Waals surface area contributed by atoms with Gasteiger partial charge in [-0.3, -0.25) is 9.69 Å². The Hall–Kier alpha value is -3.34. The second-order valence-electron chi connectivity index (χ2n) is 5.60. The van der Waals surface area contributed by atoms with Gasteiger partial charge in [-0.15, -0.1) is 0 Å². The molecule has 0 spiro atoms. The number of rotatable bonds is 4. The van der Waals surface area contributed by atoms with Crippen LogP contribution in [0.3, 0.4) is 0 Å². The molecule has 0 bridgehead atoms. The van der Waals surface area contributed by atoms with Gasteiger partial charge in [-0.1, -0.05) is 36.4 Å². The smallest absolute Gasteiger partial charge is 0.337 e. The molecule has 2 N–H and O–H groups in total. The lowest BCUT2D eigenvalue weighted by molar-refractivity contribution is 0.0697. The Kier molecular flexibility index (Phi) is 3.20. The maximum atomic E-state index is 12.7. The van der Waals surface area contributed by atoms with Crippen molar-refractivity contribution in [2.45, 2.75) is 0 Å². The van der Waals surface area contributed by atoms with E-state index in [-0.39, 0.29) is 18.1 Å². The topological polar surface area (TPSA) is 69.6 Å². The molecule has 5 heteroatoms. The second-order valence-corrected chi connectivity index (χ2v) is 5.60. The molecule has 0 saturated heterocycles. The molecule has 0 saturated carbocycles. The van der Waals surface area contributed by atoms with Gasteiger partial charge in [0.25, 0.3) is 5.91 Å². The van der Waals surface area contributed by atoms with Crippen molar-refractivity contribution in [3.05, 3.63) is 71.8 Å². The van der Waals surface area contributed by atoms with E-state index in [0.717, 1.165) is 16.5 Å². The van der Waals surface area contributed by atoms with Crippen LogP contribution in [0.1, 0.15) is 20.7 Å². The summed E-state index contributed by atoms with van der Waals surface area (Å²) >= 11 is 0. The van der Waals surface area contributed by atoms with Crippen molar-refractivity contribution in [1.82, 2.24) is 0 Å². The molecule has 4 rings (SSSR count). The quantitative estimate of drug-likeness (QED) is 0.771. The molecule has 0 unspecified atom stereocenters. The summed E-state index contributed by atoms with van der Waals surface area (Å²) in [7, 11) is 0. The number of hydrogen-bond acceptors (Lipinski definition) is 3. The van der Waals surface area contributed by atoms with Crippen molar-refractivity contribution in [3.8, 4) is 0 Å². The van der Waals surface area contributed by atoms with E-state index in [1.807, 2.05) is 36.4 Å². The van der Waals surface area contributed by atoms with Gasteiger partial charge in [0, 0.05) is 10.9 Å². The number of carboxylic acid groups (broad SMARTS) is 1. The van der Waals surface area contributed by atoms with Gasteiger partial charge >= 0.3 is 5.97 Å². The van der Waals surface area contributed by atoms with Crippen molar-refractivity contribution in [2.24, 2.45) is 0 Å². The third-order valence-electron chi connectivity index (χ3n) is 4.23. The molecular weight excluding hydrogens is 304 g/mol. The molecule has 3 aromatic carbocycles. The number of carbonyl (C=O) groups excluding carboxylic acids is 1. The molecule has 0 radical (unpaired) electrons. The van der Waals surface area contributed by atoms with Gasteiger partial charge in [-0.25, -0.2) is 4.79 Å². The number of nitrogens with one attached hydrogen (secondary N) is 1. The van der Waals surface area contributed by atoms with Gasteiger partial charge in [-0.05, 0) is 29.7 Å². The number of para-hydroxylation sites is 1. The van der Waals surface area contributed by atoms with Gasteiger partial charge in [-0.2, -0.15) is 0 Å². The van der Waals surface area contributed by atoms with Gasteiger partial charge in [0.1, 0.15) is 0 Å². The minimum atomic E-state index is -1.00. The molecule has 118 valence electrons. The minimum Gasteiger partial charge on any atom is -0.478 e. The maximum absolute atomic E-state index is 12.7. The minimum absolute atomic E-state index is 0.0814. The molecule has 0 atom stereocenters. The van der Waals surface area contributed by atoms with Crippen molar-refractivity contribution in [3.63, 3.8) is 0 Å². The Balaban J connectivity index is 1.67. The maximum Gasteiger partial charge on any atom is 0.337 e. The molecule has 1 aliphatic rings. The van der Waals surface area contributed by atoms with E-state index in [1.165, 1.54) is 6.07 Å². The van der Waals surface area contributed by atoms with Crippen LogP contribution in [0, 0.1) is 0 Å². The number of carbonyl (C=O) groups is 2. The third kappa shape index (κ3) is 2.10. The van der Waals surface area contributed by atoms with Crippen LogP contribution in [0.5, 0.6) is 0 Å². The van der Waals surface area contributed by atoms with Gasteiger partial charge < -0.3 is 10.4 Å². The normalized spacial score (nSPS) is 12.7. The third-order valence-corrected chi connectivity index (χ3v) is 4.23. The highest BCUT2D eigenvalue weighted by Crippen LogP contribution is 2.37. The van der Waals surface area contributed by atoms with Crippen molar-refractivity contribution in [1.29, 1.82) is 0 Å². The summed E-state index contributed by atoms with van der Waals surface area (Å²) in [6.07, 6.45) is 0. The summed E-state index contributed by atoms with van der Waals surface area (Å²) in [5.74, 6) is -1.08. The molecule has 24 heavy (non-hydrogen) atoms. The molecule has 3 aromatic rings. The van der Waals surface area contributed by atoms with Crippen molar-refractivity contribution < 1.29 is 14.7 Å². The van der Waals surface area contributed by atoms with E-state index < -0.39 is 5.97 Å². The largest absolute Gasteiger partial charge is 0.478 e. The summed E-state index contributed by atoms with van der Waals surface area (Å²) in [4.78, 5) is 25.6. The average Bonchev–Trinajstić information content (AvgIpc) is 2.88. The fourth-order valence-corrected chi connectivity index (χ4v) is 3.12. The zero-order valence-corrected chi connectivity index (χ0v) is 12.7. The van der Waals surface area contributed by atoms with Crippen LogP contribution >= 0.6 is 0 Å². The Morgan fingerprint density at radius 3 is 2.54 bits per heavy atom.